The fraction of sp³-hybridized carbons (Fsp3) is 0.269. The van der Waals surface area contributed by atoms with Gasteiger partial charge in [0.1, 0.15) is 11.5 Å². The molecular formula is C26H28N6O3. The number of nitrogens with one attached hydrogen (secondary N) is 2. The standard InChI is InChI=1S/C26H28N6O3/c1-3-35-26-27-14-18(15-28-26)22-16(2)24(32(31-22)19-10-5-4-6-11-19)30-25(34)29-23-20-12-8-7-9-17(20)13-21(23)33/h4-12,14-15,21,23,25,29-30,33-34H,3,13H2,1-2H3/t21-,23-,25?/m1/s1. The summed E-state index contributed by atoms with van der Waals surface area (Å²) in [5, 5.41) is 32.6. The van der Waals surface area contributed by atoms with Gasteiger partial charge in [-0.1, -0.05) is 42.5 Å². The number of aliphatic hydroxyl groups is 2. The average Bonchev–Trinajstić information content (AvgIpc) is 3.36. The molecule has 9 nitrogen and oxygen atoms in total. The predicted molar refractivity (Wildman–Crippen MR) is 132 cm³/mol. The van der Waals surface area contributed by atoms with Gasteiger partial charge in [0.15, 0.2) is 6.35 Å². The van der Waals surface area contributed by atoms with Crippen molar-refractivity contribution in [2.24, 2.45) is 0 Å². The third-order valence-electron chi connectivity index (χ3n) is 6.11. The molecule has 0 bridgehead atoms. The van der Waals surface area contributed by atoms with Crippen molar-refractivity contribution in [1.29, 1.82) is 0 Å². The first-order chi connectivity index (χ1) is 17.0. The fourth-order valence-corrected chi connectivity index (χ4v) is 4.45. The van der Waals surface area contributed by atoms with Gasteiger partial charge >= 0.3 is 6.01 Å². The molecule has 1 aliphatic carbocycles. The molecule has 0 fully saturated rings. The van der Waals surface area contributed by atoms with Crippen LogP contribution in [0.4, 0.5) is 5.82 Å². The highest BCUT2D eigenvalue weighted by molar-refractivity contribution is 5.69. The SMILES string of the molecule is CCOc1ncc(-c2nn(-c3ccccc3)c(NC(O)N[C@@H]3c4ccccc4C[C@H]3O)c2C)cn1. The normalized spacial score (nSPS) is 17.7. The minimum Gasteiger partial charge on any atom is -0.464 e. The van der Waals surface area contributed by atoms with E-state index in [1.54, 1.807) is 17.1 Å². The summed E-state index contributed by atoms with van der Waals surface area (Å²) >= 11 is 0. The summed E-state index contributed by atoms with van der Waals surface area (Å²) in [6.07, 6.45) is 2.13. The quantitative estimate of drug-likeness (QED) is 0.289. The monoisotopic (exact) mass is 472 g/mol. The van der Waals surface area contributed by atoms with E-state index in [4.69, 9.17) is 9.84 Å². The van der Waals surface area contributed by atoms with Crippen LogP contribution in [0.5, 0.6) is 6.01 Å². The van der Waals surface area contributed by atoms with Gasteiger partial charge in [0.25, 0.3) is 0 Å². The molecule has 9 heteroatoms. The minimum absolute atomic E-state index is 0.310. The smallest absolute Gasteiger partial charge is 0.316 e. The minimum atomic E-state index is -1.14. The summed E-state index contributed by atoms with van der Waals surface area (Å²) in [4.78, 5) is 8.53. The lowest BCUT2D eigenvalue weighted by atomic mass is 10.1. The van der Waals surface area contributed by atoms with Crippen LogP contribution in [-0.4, -0.2) is 49.0 Å². The maximum absolute atomic E-state index is 11.0. The number of aliphatic hydroxyl groups excluding tert-OH is 2. The number of fused-ring (bicyclic) bond motifs is 1. The van der Waals surface area contributed by atoms with E-state index in [9.17, 15) is 10.2 Å². The molecule has 5 rings (SSSR count). The van der Waals surface area contributed by atoms with Gasteiger partial charge in [-0.05, 0) is 37.1 Å². The van der Waals surface area contributed by atoms with Gasteiger partial charge in [0.2, 0.25) is 0 Å². The Kier molecular flexibility index (Phi) is 6.45. The molecule has 1 unspecified atom stereocenters. The van der Waals surface area contributed by atoms with E-state index in [2.05, 4.69) is 20.6 Å². The molecule has 2 aromatic carbocycles. The molecule has 0 saturated heterocycles. The highest BCUT2D eigenvalue weighted by atomic mass is 16.5. The van der Waals surface area contributed by atoms with Crippen LogP contribution in [-0.2, 0) is 6.42 Å². The lowest BCUT2D eigenvalue weighted by molar-refractivity contribution is 0.0869. The summed E-state index contributed by atoms with van der Waals surface area (Å²) in [6.45, 7) is 4.29. The molecule has 35 heavy (non-hydrogen) atoms. The van der Waals surface area contributed by atoms with Crippen molar-refractivity contribution in [2.75, 3.05) is 11.9 Å². The van der Waals surface area contributed by atoms with Crippen molar-refractivity contribution in [1.82, 2.24) is 25.1 Å². The van der Waals surface area contributed by atoms with Crippen LogP contribution in [0.2, 0.25) is 0 Å². The molecule has 180 valence electrons. The maximum atomic E-state index is 11.0. The number of rotatable bonds is 8. The second kappa shape index (κ2) is 9.83. The van der Waals surface area contributed by atoms with E-state index in [-0.39, 0.29) is 6.04 Å². The van der Waals surface area contributed by atoms with Crippen molar-refractivity contribution >= 4 is 5.82 Å². The molecule has 0 amide bonds. The van der Waals surface area contributed by atoms with E-state index in [1.807, 2.05) is 68.4 Å². The topological polar surface area (TPSA) is 117 Å². The van der Waals surface area contributed by atoms with E-state index < -0.39 is 12.5 Å². The van der Waals surface area contributed by atoms with Crippen LogP contribution in [0.1, 0.15) is 29.7 Å². The van der Waals surface area contributed by atoms with Gasteiger partial charge in [-0.25, -0.2) is 14.6 Å². The Hall–Kier alpha value is -3.79. The zero-order chi connectivity index (χ0) is 24.4. The van der Waals surface area contributed by atoms with E-state index >= 15 is 0 Å². The van der Waals surface area contributed by atoms with E-state index in [0.717, 1.165) is 27.9 Å². The number of para-hydroxylation sites is 1. The lowest BCUT2D eigenvalue weighted by Gasteiger charge is -2.24. The van der Waals surface area contributed by atoms with E-state index in [1.165, 1.54) is 0 Å². The Morgan fingerprint density at radius 3 is 2.54 bits per heavy atom. The number of aromatic nitrogens is 4. The second-order valence-corrected chi connectivity index (χ2v) is 8.42. The first-order valence-electron chi connectivity index (χ1n) is 11.6. The zero-order valence-corrected chi connectivity index (χ0v) is 19.6. The van der Waals surface area contributed by atoms with Gasteiger partial charge in [-0.3, -0.25) is 5.32 Å². The molecule has 0 radical (unpaired) electrons. The largest absolute Gasteiger partial charge is 0.464 e. The molecule has 0 saturated carbocycles. The average molecular weight is 473 g/mol. The Bertz CT molecular complexity index is 1290. The first kappa shape index (κ1) is 23.0. The van der Waals surface area contributed by atoms with E-state index in [0.29, 0.717) is 30.5 Å². The molecule has 1 aliphatic rings. The van der Waals surface area contributed by atoms with Gasteiger partial charge in [0, 0.05) is 29.9 Å². The Morgan fingerprint density at radius 2 is 1.80 bits per heavy atom. The van der Waals surface area contributed by atoms with Crippen molar-refractivity contribution in [3.63, 3.8) is 0 Å². The lowest BCUT2D eigenvalue weighted by Crippen LogP contribution is -2.42. The van der Waals surface area contributed by atoms with Crippen molar-refractivity contribution in [3.8, 4) is 23.0 Å². The number of benzene rings is 2. The number of anilines is 1. The van der Waals surface area contributed by atoms with Crippen LogP contribution in [0, 0.1) is 6.92 Å². The third-order valence-corrected chi connectivity index (χ3v) is 6.11. The molecule has 0 spiro atoms. The summed E-state index contributed by atoms with van der Waals surface area (Å²) in [5.41, 5.74) is 5.11. The predicted octanol–water partition coefficient (Wildman–Crippen LogP) is 2.97. The highest BCUT2D eigenvalue weighted by Crippen LogP contribution is 2.33. The number of ether oxygens (including phenoxy) is 1. The summed E-state index contributed by atoms with van der Waals surface area (Å²) in [5.74, 6) is 0.612. The molecule has 3 atom stereocenters. The molecule has 2 aromatic heterocycles. The van der Waals surface area contributed by atoms with Gasteiger partial charge in [-0.2, -0.15) is 5.10 Å². The van der Waals surface area contributed by atoms with Crippen LogP contribution in [0.3, 0.4) is 0 Å². The van der Waals surface area contributed by atoms with Gasteiger partial charge < -0.3 is 20.3 Å². The first-order valence-corrected chi connectivity index (χ1v) is 11.6. The summed E-state index contributed by atoms with van der Waals surface area (Å²) in [7, 11) is 0. The Morgan fingerprint density at radius 1 is 1.09 bits per heavy atom. The zero-order valence-electron chi connectivity index (χ0n) is 19.6. The van der Waals surface area contributed by atoms with Crippen molar-refractivity contribution in [3.05, 3.63) is 83.7 Å². The number of hydrogen-bond donors (Lipinski definition) is 4. The number of nitrogens with zero attached hydrogens (tertiary/aromatic N) is 4. The van der Waals surface area contributed by atoms with Crippen LogP contribution < -0.4 is 15.4 Å². The van der Waals surface area contributed by atoms with Crippen LogP contribution in [0.25, 0.3) is 16.9 Å². The van der Waals surface area contributed by atoms with Crippen molar-refractivity contribution in [2.45, 2.75) is 38.8 Å². The van der Waals surface area contributed by atoms with Gasteiger partial charge in [0.05, 0.1) is 24.4 Å². The molecule has 4 aromatic rings. The molecule has 0 aliphatic heterocycles. The summed E-state index contributed by atoms with van der Waals surface area (Å²) in [6, 6.07) is 17.4. The molecule has 4 N–H and O–H groups in total. The molecule has 2 heterocycles. The maximum Gasteiger partial charge on any atom is 0.316 e. The van der Waals surface area contributed by atoms with Crippen molar-refractivity contribution < 1.29 is 14.9 Å². The number of hydrogen-bond acceptors (Lipinski definition) is 8. The Balaban J connectivity index is 1.45. The highest BCUT2D eigenvalue weighted by Gasteiger charge is 2.32. The van der Waals surface area contributed by atoms with Crippen LogP contribution >= 0.6 is 0 Å². The second-order valence-electron chi connectivity index (χ2n) is 8.42. The Labute approximate surface area is 203 Å². The summed E-state index contributed by atoms with van der Waals surface area (Å²) < 4.78 is 7.09. The fourth-order valence-electron chi connectivity index (χ4n) is 4.45. The molecular weight excluding hydrogens is 444 g/mol. The van der Waals surface area contributed by atoms with Gasteiger partial charge in [-0.15, -0.1) is 0 Å². The van der Waals surface area contributed by atoms with Crippen LogP contribution in [0.15, 0.2) is 67.0 Å². The third kappa shape index (κ3) is 4.61.